The highest BCUT2D eigenvalue weighted by atomic mass is 35.5. The third kappa shape index (κ3) is 0.822. The van der Waals surface area contributed by atoms with E-state index in [2.05, 4.69) is 10.3 Å². The van der Waals surface area contributed by atoms with Crippen molar-refractivity contribution >= 4 is 11.6 Å². The van der Waals surface area contributed by atoms with Crippen LogP contribution in [0.15, 0.2) is 6.20 Å². The summed E-state index contributed by atoms with van der Waals surface area (Å²) < 4.78 is 2.03. The van der Waals surface area contributed by atoms with Crippen molar-refractivity contribution in [3.8, 4) is 0 Å². The highest BCUT2D eigenvalue weighted by molar-refractivity contribution is 6.28. The largest absolute Gasteiger partial charge is 0.316 e. The van der Waals surface area contributed by atoms with Crippen LogP contribution < -0.4 is 5.32 Å². The van der Waals surface area contributed by atoms with E-state index in [1.807, 2.05) is 10.8 Å². The van der Waals surface area contributed by atoms with Crippen molar-refractivity contribution in [1.29, 1.82) is 0 Å². The third-order valence-corrected chi connectivity index (χ3v) is 2.01. The molecule has 1 aliphatic heterocycles. The van der Waals surface area contributed by atoms with E-state index in [9.17, 15) is 0 Å². The zero-order chi connectivity index (χ0) is 6.97. The first-order valence-electron chi connectivity index (χ1n) is 3.28. The number of nitrogens with one attached hydrogen (secondary N) is 1. The van der Waals surface area contributed by atoms with Crippen molar-refractivity contribution in [3.05, 3.63) is 17.2 Å². The minimum Gasteiger partial charge on any atom is -0.316 e. The van der Waals surface area contributed by atoms with Gasteiger partial charge in [-0.1, -0.05) is 0 Å². The molecular formula is C6H8ClN3. The van der Waals surface area contributed by atoms with Gasteiger partial charge in [0.2, 0.25) is 5.28 Å². The predicted molar refractivity (Wildman–Crippen MR) is 38.9 cm³/mol. The summed E-state index contributed by atoms with van der Waals surface area (Å²) in [4.78, 5) is 3.99. The topological polar surface area (TPSA) is 29.9 Å². The predicted octanol–water partition coefficient (Wildman–Crippen LogP) is 0.640. The number of imidazole rings is 1. The molecule has 1 aliphatic rings. The second-order valence-electron chi connectivity index (χ2n) is 2.35. The Bertz CT molecular complexity index is 243. The second-order valence-corrected chi connectivity index (χ2v) is 2.69. The fourth-order valence-electron chi connectivity index (χ4n) is 1.17. The third-order valence-electron chi connectivity index (χ3n) is 1.71. The van der Waals surface area contributed by atoms with E-state index in [1.54, 1.807) is 0 Å². The van der Waals surface area contributed by atoms with Crippen molar-refractivity contribution in [2.75, 3.05) is 6.54 Å². The first-order chi connectivity index (χ1) is 4.88. The second kappa shape index (κ2) is 2.25. The summed E-state index contributed by atoms with van der Waals surface area (Å²) in [5.41, 5.74) is 1.18. The molecule has 54 valence electrons. The Kier molecular flexibility index (Phi) is 1.39. The smallest absolute Gasteiger partial charge is 0.202 e. The van der Waals surface area contributed by atoms with E-state index >= 15 is 0 Å². The van der Waals surface area contributed by atoms with Crippen LogP contribution in [0, 0.1) is 0 Å². The molecule has 0 atom stereocenters. The molecule has 1 aromatic rings. The summed E-state index contributed by atoms with van der Waals surface area (Å²) >= 11 is 5.78. The standard InChI is InChI=1S/C6H8ClN3/c7-6-9-4-5-3-8-1-2-10(5)6/h4,8H,1-3H2. The fourth-order valence-corrected chi connectivity index (χ4v) is 1.41. The molecule has 0 saturated heterocycles. The number of halogens is 1. The number of rotatable bonds is 0. The summed E-state index contributed by atoms with van der Waals surface area (Å²) in [5.74, 6) is 0. The van der Waals surface area contributed by atoms with Crippen LogP contribution in [-0.4, -0.2) is 16.1 Å². The van der Waals surface area contributed by atoms with Gasteiger partial charge in [-0.25, -0.2) is 4.98 Å². The van der Waals surface area contributed by atoms with Gasteiger partial charge in [0.25, 0.3) is 0 Å². The van der Waals surface area contributed by atoms with Crippen LogP contribution in [0.25, 0.3) is 0 Å². The van der Waals surface area contributed by atoms with Crippen molar-refractivity contribution < 1.29 is 0 Å². The number of nitrogens with zero attached hydrogens (tertiary/aromatic N) is 2. The van der Waals surface area contributed by atoms with Crippen LogP contribution in [0.4, 0.5) is 0 Å². The Balaban J connectivity index is 2.45. The van der Waals surface area contributed by atoms with Gasteiger partial charge >= 0.3 is 0 Å². The summed E-state index contributed by atoms with van der Waals surface area (Å²) in [6.07, 6.45) is 1.81. The lowest BCUT2D eigenvalue weighted by molar-refractivity contribution is 0.516. The van der Waals surface area contributed by atoms with Crippen LogP contribution in [-0.2, 0) is 13.1 Å². The van der Waals surface area contributed by atoms with Gasteiger partial charge in [0.05, 0.1) is 11.9 Å². The minimum atomic E-state index is 0.608. The highest BCUT2D eigenvalue weighted by Gasteiger charge is 2.10. The molecule has 0 radical (unpaired) electrons. The lowest BCUT2D eigenvalue weighted by atomic mass is 10.4. The Labute approximate surface area is 64.0 Å². The SMILES string of the molecule is Clc1ncc2n1CCNC2. The molecule has 1 aromatic heterocycles. The van der Waals surface area contributed by atoms with Crippen molar-refractivity contribution in [1.82, 2.24) is 14.9 Å². The van der Waals surface area contributed by atoms with Gasteiger partial charge in [-0.15, -0.1) is 0 Å². The lowest BCUT2D eigenvalue weighted by Gasteiger charge is -2.15. The molecule has 0 fully saturated rings. The van der Waals surface area contributed by atoms with Gasteiger partial charge in [-0.05, 0) is 11.6 Å². The molecule has 0 saturated carbocycles. The number of hydrogen-bond acceptors (Lipinski definition) is 2. The van der Waals surface area contributed by atoms with Gasteiger partial charge in [-0.3, -0.25) is 0 Å². The van der Waals surface area contributed by atoms with Crippen molar-refractivity contribution in [2.45, 2.75) is 13.1 Å². The number of aromatic nitrogens is 2. The van der Waals surface area contributed by atoms with E-state index < -0.39 is 0 Å². The molecule has 1 N–H and O–H groups in total. The molecule has 0 bridgehead atoms. The van der Waals surface area contributed by atoms with Crippen molar-refractivity contribution in [3.63, 3.8) is 0 Å². The van der Waals surface area contributed by atoms with Crippen molar-refractivity contribution in [2.24, 2.45) is 0 Å². The Morgan fingerprint density at radius 1 is 1.70 bits per heavy atom. The molecule has 0 aliphatic carbocycles. The Morgan fingerprint density at radius 2 is 2.60 bits per heavy atom. The van der Waals surface area contributed by atoms with Gasteiger partial charge in [0.15, 0.2) is 0 Å². The molecule has 0 amide bonds. The van der Waals surface area contributed by atoms with Crippen LogP contribution >= 0.6 is 11.6 Å². The fraction of sp³-hybridized carbons (Fsp3) is 0.500. The summed E-state index contributed by atoms with van der Waals surface area (Å²) in [6, 6.07) is 0. The molecule has 0 unspecified atom stereocenters. The maximum absolute atomic E-state index is 5.78. The van der Waals surface area contributed by atoms with Gasteiger partial charge in [0.1, 0.15) is 0 Å². The highest BCUT2D eigenvalue weighted by Crippen LogP contribution is 2.12. The van der Waals surface area contributed by atoms with Gasteiger partial charge < -0.3 is 9.88 Å². The average molecular weight is 158 g/mol. The van der Waals surface area contributed by atoms with Gasteiger partial charge in [0, 0.05) is 19.6 Å². The molecular weight excluding hydrogens is 150 g/mol. The monoisotopic (exact) mass is 157 g/mol. The zero-order valence-corrected chi connectivity index (χ0v) is 6.23. The summed E-state index contributed by atoms with van der Waals surface area (Å²) in [6.45, 7) is 2.82. The molecule has 0 aromatic carbocycles. The number of hydrogen-bond donors (Lipinski definition) is 1. The summed E-state index contributed by atoms with van der Waals surface area (Å²) in [7, 11) is 0. The summed E-state index contributed by atoms with van der Waals surface area (Å²) in [5, 5.41) is 3.84. The molecule has 10 heavy (non-hydrogen) atoms. The maximum atomic E-state index is 5.78. The minimum absolute atomic E-state index is 0.608. The number of fused-ring (bicyclic) bond motifs is 1. The van der Waals surface area contributed by atoms with Crippen LogP contribution in [0.2, 0.25) is 5.28 Å². The van der Waals surface area contributed by atoms with E-state index in [1.165, 1.54) is 5.69 Å². The maximum Gasteiger partial charge on any atom is 0.202 e. The first kappa shape index (κ1) is 6.19. The van der Waals surface area contributed by atoms with Crippen LogP contribution in [0.5, 0.6) is 0 Å². The Morgan fingerprint density at radius 3 is 3.40 bits per heavy atom. The quantitative estimate of drug-likeness (QED) is 0.599. The molecule has 0 spiro atoms. The first-order valence-corrected chi connectivity index (χ1v) is 3.66. The molecule has 3 nitrogen and oxygen atoms in total. The molecule has 4 heteroatoms. The van der Waals surface area contributed by atoms with Gasteiger partial charge in [-0.2, -0.15) is 0 Å². The zero-order valence-electron chi connectivity index (χ0n) is 5.47. The van der Waals surface area contributed by atoms with Crippen LogP contribution in [0.3, 0.4) is 0 Å². The van der Waals surface area contributed by atoms with E-state index in [0.717, 1.165) is 19.6 Å². The van der Waals surface area contributed by atoms with E-state index in [-0.39, 0.29) is 0 Å². The van der Waals surface area contributed by atoms with E-state index in [4.69, 9.17) is 11.6 Å². The Hall–Kier alpha value is -0.540. The lowest BCUT2D eigenvalue weighted by Crippen LogP contribution is -2.27. The average Bonchev–Trinajstić information content (AvgIpc) is 2.34. The molecule has 2 heterocycles. The molecule has 2 rings (SSSR count). The normalized spacial score (nSPS) is 16.9. The van der Waals surface area contributed by atoms with Crippen LogP contribution in [0.1, 0.15) is 5.69 Å². The van der Waals surface area contributed by atoms with E-state index in [0.29, 0.717) is 5.28 Å².